The van der Waals surface area contributed by atoms with Crippen molar-refractivity contribution >= 4 is 0 Å². The average Bonchev–Trinajstić information content (AvgIpc) is 1.67. The van der Waals surface area contributed by atoms with Crippen molar-refractivity contribution in [2.75, 3.05) is 7.05 Å². The third-order valence-electron chi connectivity index (χ3n) is 0.641. The molecule has 0 aromatic rings. The van der Waals surface area contributed by atoms with E-state index in [0.717, 1.165) is 0 Å². The molecule has 0 aromatic heterocycles. The highest BCUT2D eigenvalue weighted by Gasteiger charge is 1.96. The molecule has 4 heteroatoms. The second-order valence-electron chi connectivity index (χ2n) is 1.33. The lowest BCUT2D eigenvalue weighted by Gasteiger charge is -1.86. The summed E-state index contributed by atoms with van der Waals surface area (Å²) in [4.78, 5) is 9.34. The van der Waals surface area contributed by atoms with Crippen LogP contribution in [0.1, 0.15) is 6.92 Å². The van der Waals surface area contributed by atoms with Gasteiger partial charge in [0.25, 0.3) is 5.70 Å². The van der Waals surface area contributed by atoms with E-state index in [9.17, 15) is 10.1 Å². The summed E-state index contributed by atoms with van der Waals surface area (Å²) in [6.45, 7) is 1.43. The molecule has 0 unspecified atom stereocenters. The van der Waals surface area contributed by atoms with Crippen molar-refractivity contribution in [3.63, 3.8) is 0 Å². The molecule has 0 aliphatic heterocycles. The van der Waals surface area contributed by atoms with Gasteiger partial charge in [0.15, 0.2) is 0 Å². The van der Waals surface area contributed by atoms with Crippen molar-refractivity contribution in [2.45, 2.75) is 6.92 Å². The van der Waals surface area contributed by atoms with Crippen LogP contribution in [0.4, 0.5) is 0 Å². The SMILES string of the molecule is CNC=C(C)[N+](=O)[O-]. The van der Waals surface area contributed by atoms with Crippen LogP contribution in [0.2, 0.25) is 0 Å². The molecule has 0 spiro atoms. The van der Waals surface area contributed by atoms with Gasteiger partial charge in [0.1, 0.15) is 0 Å². The number of nitrogens with one attached hydrogen (secondary N) is 1. The van der Waals surface area contributed by atoms with Crippen LogP contribution < -0.4 is 5.32 Å². The standard InChI is InChI=1S/C4H8N2O2/c1-4(3-5-2)6(7)8/h3,5H,1-2H3. The highest BCUT2D eigenvalue weighted by molar-refractivity contribution is 4.82. The van der Waals surface area contributed by atoms with E-state index in [1.807, 2.05) is 0 Å². The Morgan fingerprint density at radius 1 is 1.88 bits per heavy atom. The monoisotopic (exact) mass is 116 g/mol. The van der Waals surface area contributed by atoms with E-state index in [0.29, 0.717) is 0 Å². The van der Waals surface area contributed by atoms with Crippen LogP contribution in [0.3, 0.4) is 0 Å². The quantitative estimate of drug-likeness (QED) is 0.418. The highest BCUT2D eigenvalue weighted by atomic mass is 16.6. The molecule has 0 radical (unpaired) electrons. The fourth-order valence-electron chi connectivity index (χ4n) is 0.262. The fraction of sp³-hybridized carbons (Fsp3) is 0.500. The molecule has 0 fully saturated rings. The maximum atomic E-state index is 9.79. The minimum atomic E-state index is -0.448. The first-order chi connectivity index (χ1) is 3.68. The summed E-state index contributed by atoms with van der Waals surface area (Å²) in [7, 11) is 1.62. The van der Waals surface area contributed by atoms with Crippen LogP contribution in [-0.4, -0.2) is 12.0 Å². The molecule has 46 valence electrons. The molecular formula is C4H8N2O2. The lowest BCUT2D eigenvalue weighted by Crippen LogP contribution is -2.00. The van der Waals surface area contributed by atoms with Crippen molar-refractivity contribution in [3.05, 3.63) is 22.0 Å². The van der Waals surface area contributed by atoms with Crippen LogP contribution in [0.15, 0.2) is 11.9 Å². The van der Waals surface area contributed by atoms with Gasteiger partial charge >= 0.3 is 0 Å². The molecule has 0 aliphatic carbocycles. The largest absolute Gasteiger partial charge is 0.389 e. The maximum absolute atomic E-state index is 9.79. The minimum Gasteiger partial charge on any atom is -0.389 e. The number of rotatable bonds is 2. The third-order valence-corrected chi connectivity index (χ3v) is 0.641. The number of hydrogen-bond donors (Lipinski definition) is 1. The van der Waals surface area contributed by atoms with Crippen LogP contribution >= 0.6 is 0 Å². The van der Waals surface area contributed by atoms with Gasteiger partial charge < -0.3 is 5.32 Å². The topological polar surface area (TPSA) is 55.2 Å². The maximum Gasteiger partial charge on any atom is 0.258 e. The molecule has 4 nitrogen and oxygen atoms in total. The van der Waals surface area contributed by atoms with E-state index in [1.165, 1.54) is 13.1 Å². The second-order valence-corrected chi connectivity index (χ2v) is 1.33. The predicted octanol–water partition coefficient (Wildman–Crippen LogP) is 0.344. The lowest BCUT2D eigenvalue weighted by atomic mass is 10.6. The molecule has 0 aliphatic rings. The van der Waals surface area contributed by atoms with Crippen LogP contribution in [0.5, 0.6) is 0 Å². The molecule has 0 amide bonds. The lowest BCUT2D eigenvalue weighted by molar-refractivity contribution is -0.424. The molecule has 0 heterocycles. The zero-order chi connectivity index (χ0) is 6.57. The number of nitro groups is 1. The van der Waals surface area contributed by atoms with Gasteiger partial charge in [-0.15, -0.1) is 0 Å². The van der Waals surface area contributed by atoms with Crippen molar-refractivity contribution in [2.24, 2.45) is 0 Å². The van der Waals surface area contributed by atoms with Crippen molar-refractivity contribution in [1.29, 1.82) is 0 Å². The van der Waals surface area contributed by atoms with E-state index >= 15 is 0 Å². The van der Waals surface area contributed by atoms with E-state index in [-0.39, 0.29) is 5.70 Å². The summed E-state index contributed by atoms with van der Waals surface area (Å²) >= 11 is 0. The Labute approximate surface area is 47.3 Å². The average molecular weight is 116 g/mol. The van der Waals surface area contributed by atoms with Gasteiger partial charge in [0.05, 0.1) is 11.1 Å². The first kappa shape index (κ1) is 6.94. The molecule has 0 bridgehead atoms. The van der Waals surface area contributed by atoms with Crippen molar-refractivity contribution in [1.82, 2.24) is 5.32 Å². The van der Waals surface area contributed by atoms with E-state index in [2.05, 4.69) is 5.32 Å². The molecule has 8 heavy (non-hydrogen) atoms. The predicted molar refractivity (Wildman–Crippen MR) is 29.8 cm³/mol. The first-order valence-corrected chi connectivity index (χ1v) is 2.17. The molecule has 1 N–H and O–H groups in total. The summed E-state index contributed by atoms with van der Waals surface area (Å²) < 4.78 is 0. The van der Waals surface area contributed by atoms with Gasteiger partial charge in [-0.1, -0.05) is 0 Å². The smallest absolute Gasteiger partial charge is 0.258 e. The Hall–Kier alpha value is -1.06. The Bertz CT molecular complexity index is 119. The summed E-state index contributed by atoms with van der Waals surface area (Å²) in [5.41, 5.74) is 0.118. The van der Waals surface area contributed by atoms with Gasteiger partial charge in [-0.2, -0.15) is 0 Å². The van der Waals surface area contributed by atoms with Gasteiger partial charge in [-0.3, -0.25) is 10.1 Å². The number of allylic oxidation sites excluding steroid dienone is 1. The zero-order valence-corrected chi connectivity index (χ0v) is 4.84. The summed E-state index contributed by atoms with van der Waals surface area (Å²) in [5, 5.41) is 12.3. The Morgan fingerprint density at radius 3 is 2.50 bits per heavy atom. The molecule has 0 saturated carbocycles. The summed E-state index contributed by atoms with van der Waals surface area (Å²) in [6, 6.07) is 0. The van der Waals surface area contributed by atoms with Crippen LogP contribution in [0.25, 0.3) is 0 Å². The van der Waals surface area contributed by atoms with Crippen LogP contribution in [-0.2, 0) is 0 Å². The van der Waals surface area contributed by atoms with Gasteiger partial charge in [0.2, 0.25) is 0 Å². The minimum absolute atomic E-state index is 0.118. The van der Waals surface area contributed by atoms with E-state index in [4.69, 9.17) is 0 Å². The Morgan fingerprint density at radius 2 is 2.38 bits per heavy atom. The van der Waals surface area contributed by atoms with E-state index < -0.39 is 4.92 Å². The third kappa shape index (κ3) is 2.17. The van der Waals surface area contributed by atoms with Crippen molar-refractivity contribution in [3.8, 4) is 0 Å². The molecule has 0 saturated heterocycles. The molecule has 0 rings (SSSR count). The summed E-state index contributed by atoms with van der Waals surface area (Å²) in [6.07, 6.45) is 1.33. The van der Waals surface area contributed by atoms with Gasteiger partial charge in [-0.05, 0) is 0 Å². The second kappa shape index (κ2) is 3.01. The number of nitrogens with zero attached hydrogens (tertiary/aromatic N) is 1. The molecule has 0 atom stereocenters. The fourth-order valence-corrected chi connectivity index (χ4v) is 0.262. The molecular weight excluding hydrogens is 108 g/mol. The van der Waals surface area contributed by atoms with Crippen molar-refractivity contribution < 1.29 is 4.92 Å². The van der Waals surface area contributed by atoms with E-state index in [1.54, 1.807) is 7.05 Å². The first-order valence-electron chi connectivity index (χ1n) is 2.17. The van der Waals surface area contributed by atoms with Gasteiger partial charge in [0, 0.05) is 14.0 Å². The molecule has 0 aromatic carbocycles. The Kier molecular flexibility index (Phi) is 2.61. The van der Waals surface area contributed by atoms with Gasteiger partial charge in [-0.25, -0.2) is 0 Å². The normalized spacial score (nSPS) is 11.0. The Balaban J connectivity index is 3.80. The number of hydrogen-bond acceptors (Lipinski definition) is 3. The van der Waals surface area contributed by atoms with Crippen LogP contribution in [0, 0.1) is 10.1 Å². The zero-order valence-electron chi connectivity index (χ0n) is 4.84. The highest BCUT2D eigenvalue weighted by Crippen LogP contribution is 1.87. The summed E-state index contributed by atoms with van der Waals surface area (Å²) in [5.74, 6) is 0.